The van der Waals surface area contributed by atoms with Gasteiger partial charge in [-0.2, -0.15) is 0 Å². The molecule has 3 N–H and O–H groups in total. The normalized spacial score (nSPS) is 17.0. The van der Waals surface area contributed by atoms with Gasteiger partial charge in [0.1, 0.15) is 12.1 Å². The number of carbonyl (C=O) groups is 1. The number of carbonyl (C=O) groups excluding carboxylic acids is 1. The predicted octanol–water partition coefficient (Wildman–Crippen LogP) is 1.32. The summed E-state index contributed by atoms with van der Waals surface area (Å²) < 4.78 is 0. The van der Waals surface area contributed by atoms with E-state index in [1.165, 1.54) is 31.8 Å². The number of rotatable bonds is 3. The van der Waals surface area contributed by atoms with E-state index in [1.807, 2.05) is 0 Å². The van der Waals surface area contributed by atoms with Crippen LogP contribution in [-0.2, 0) is 0 Å². The number of nitrogens with one attached hydrogen (secondary N) is 1. The second kappa shape index (κ2) is 4.92. The van der Waals surface area contributed by atoms with Crippen LogP contribution in [0.2, 0.25) is 0 Å². The molecule has 0 bridgehead atoms. The SMILES string of the molecule is NC(=O)c1cncnc1NC1CCCCC1. The Balaban J connectivity index is 2.10. The van der Waals surface area contributed by atoms with Crippen LogP contribution in [0.3, 0.4) is 0 Å². The van der Waals surface area contributed by atoms with Crippen LogP contribution in [0.4, 0.5) is 5.82 Å². The van der Waals surface area contributed by atoms with Crippen molar-refractivity contribution in [1.29, 1.82) is 0 Å². The second-order valence-corrected chi connectivity index (χ2v) is 4.13. The number of nitrogens with two attached hydrogens (primary N) is 1. The maximum Gasteiger partial charge on any atom is 0.254 e. The summed E-state index contributed by atoms with van der Waals surface area (Å²) in [5, 5.41) is 3.28. The number of aromatic nitrogens is 2. The summed E-state index contributed by atoms with van der Waals surface area (Å²) in [6.07, 6.45) is 8.90. The maximum absolute atomic E-state index is 11.2. The lowest BCUT2D eigenvalue weighted by Crippen LogP contribution is -2.25. The van der Waals surface area contributed by atoms with E-state index in [9.17, 15) is 4.79 Å². The van der Waals surface area contributed by atoms with Gasteiger partial charge in [-0.05, 0) is 12.8 Å². The van der Waals surface area contributed by atoms with Gasteiger partial charge in [0.05, 0.1) is 5.56 Å². The van der Waals surface area contributed by atoms with Crippen LogP contribution in [0.1, 0.15) is 42.5 Å². The molecule has 0 unspecified atom stereocenters. The fourth-order valence-electron chi connectivity index (χ4n) is 2.07. The van der Waals surface area contributed by atoms with Gasteiger partial charge in [-0.1, -0.05) is 19.3 Å². The van der Waals surface area contributed by atoms with E-state index in [-0.39, 0.29) is 0 Å². The van der Waals surface area contributed by atoms with Crippen LogP contribution in [0, 0.1) is 0 Å². The molecule has 1 fully saturated rings. The topological polar surface area (TPSA) is 80.9 Å². The molecule has 1 aliphatic rings. The van der Waals surface area contributed by atoms with Crippen LogP contribution >= 0.6 is 0 Å². The van der Waals surface area contributed by atoms with Crippen molar-refractivity contribution in [3.05, 3.63) is 18.1 Å². The number of hydrogen-bond acceptors (Lipinski definition) is 4. The molecule has 0 aliphatic heterocycles. The Labute approximate surface area is 94.5 Å². The first-order valence-corrected chi connectivity index (χ1v) is 5.63. The van der Waals surface area contributed by atoms with Gasteiger partial charge in [0.2, 0.25) is 0 Å². The zero-order chi connectivity index (χ0) is 11.4. The van der Waals surface area contributed by atoms with Crippen LogP contribution < -0.4 is 11.1 Å². The average molecular weight is 220 g/mol. The number of anilines is 1. The molecule has 0 saturated heterocycles. The van der Waals surface area contributed by atoms with E-state index in [0.29, 0.717) is 17.4 Å². The summed E-state index contributed by atoms with van der Waals surface area (Å²) in [4.78, 5) is 19.0. The molecule has 0 spiro atoms. The molecular formula is C11H16N4O. The van der Waals surface area contributed by atoms with Crippen molar-refractivity contribution < 1.29 is 4.79 Å². The van der Waals surface area contributed by atoms with Crippen LogP contribution in [0.5, 0.6) is 0 Å². The van der Waals surface area contributed by atoms with Gasteiger partial charge in [-0.15, -0.1) is 0 Å². The van der Waals surface area contributed by atoms with Gasteiger partial charge in [0.25, 0.3) is 5.91 Å². The van der Waals surface area contributed by atoms with Crippen molar-refractivity contribution in [3.8, 4) is 0 Å². The molecule has 2 rings (SSSR count). The summed E-state index contributed by atoms with van der Waals surface area (Å²) >= 11 is 0. The molecule has 86 valence electrons. The molecule has 1 heterocycles. The lowest BCUT2D eigenvalue weighted by molar-refractivity contribution is 0.100. The highest BCUT2D eigenvalue weighted by molar-refractivity contribution is 5.97. The third kappa shape index (κ3) is 2.48. The molecule has 1 saturated carbocycles. The van der Waals surface area contributed by atoms with E-state index < -0.39 is 5.91 Å². The molecule has 5 heteroatoms. The molecule has 5 nitrogen and oxygen atoms in total. The molecule has 1 aliphatic carbocycles. The minimum atomic E-state index is -0.487. The van der Waals surface area contributed by atoms with E-state index >= 15 is 0 Å². The van der Waals surface area contributed by atoms with Gasteiger partial charge >= 0.3 is 0 Å². The van der Waals surface area contributed by atoms with E-state index in [0.717, 1.165) is 12.8 Å². The van der Waals surface area contributed by atoms with Crippen LogP contribution in [-0.4, -0.2) is 21.9 Å². The zero-order valence-corrected chi connectivity index (χ0v) is 9.15. The van der Waals surface area contributed by atoms with Gasteiger partial charge in [-0.3, -0.25) is 4.79 Å². The van der Waals surface area contributed by atoms with Gasteiger partial charge < -0.3 is 11.1 Å². The summed E-state index contributed by atoms with van der Waals surface area (Å²) in [5.41, 5.74) is 5.63. The van der Waals surface area contributed by atoms with Crippen LogP contribution in [0.25, 0.3) is 0 Å². The monoisotopic (exact) mass is 220 g/mol. The standard InChI is InChI=1S/C11H16N4O/c12-10(16)9-6-13-7-14-11(9)15-8-4-2-1-3-5-8/h6-8H,1-5H2,(H2,12,16)(H,13,14,15). The Morgan fingerprint density at radius 3 is 2.81 bits per heavy atom. The molecule has 0 radical (unpaired) electrons. The predicted molar refractivity (Wildman–Crippen MR) is 61.0 cm³/mol. The Bertz CT molecular complexity index is 374. The summed E-state index contributed by atoms with van der Waals surface area (Å²) in [6.45, 7) is 0. The van der Waals surface area contributed by atoms with E-state index in [1.54, 1.807) is 0 Å². The number of nitrogens with zero attached hydrogens (tertiary/aromatic N) is 2. The molecular weight excluding hydrogens is 204 g/mol. The summed E-state index contributed by atoms with van der Waals surface area (Å²) in [6, 6.07) is 0.404. The highest BCUT2D eigenvalue weighted by Gasteiger charge is 2.16. The number of hydrogen-bond donors (Lipinski definition) is 2. The Morgan fingerprint density at radius 1 is 1.38 bits per heavy atom. The van der Waals surface area contributed by atoms with E-state index in [2.05, 4.69) is 15.3 Å². The third-order valence-corrected chi connectivity index (χ3v) is 2.92. The van der Waals surface area contributed by atoms with Crippen molar-refractivity contribution in [2.75, 3.05) is 5.32 Å². The summed E-state index contributed by atoms with van der Waals surface area (Å²) in [7, 11) is 0. The third-order valence-electron chi connectivity index (χ3n) is 2.92. The molecule has 1 amide bonds. The molecule has 0 atom stereocenters. The smallest absolute Gasteiger partial charge is 0.254 e. The first-order chi connectivity index (χ1) is 7.77. The number of primary amides is 1. The second-order valence-electron chi connectivity index (χ2n) is 4.13. The Kier molecular flexibility index (Phi) is 3.34. The Morgan fingerprint density at radius 2 is 2.12 bits per heavy atom. The lowest BCUT2D eigenvalue weighted by atomic mass is 9.95. The first kappa shape index (κ1) is 10.9. The number of amides is 1. The van der Waals surface area contributed by atoms with Crippen molar-refractivity contribution in [3.63, 3.8) is 0 Å². The molecule has 0 aromatic carbocycles. The minimum Gasteiger partial charge on any atom is -0.367 e. The van der Waals surface area contributed by atoms with Gasteiger partial charge in [-0.25, -0.2) is 9.97 Å². The molecule has 1 aromatic heterocycles. The molecule has 1 aromatic rings. The molecule has 16 heavy (non-hydrogen) atoms. The Hall–Kier alpha value is -1.65. The largest absolute Gasteiger partial charge is 0.367 e. The highest BCUT2D eigenvalue weighted by atomic mass is 16.1. The maximum atomic E-state index is 11.2. The van der Waals surface area contributed by atoms with Crippen molar-refractivity contribution in [1.82, 2.24) is 9.97 Å². The first-order valence-electron chi connectivity index (χ1n) is 5.63. The summed E-state index contributed by atoms with van der Waals surface area (Å²) in [5.74, 6) is 0.0771. The minimum absolute atomic E-state index is 0.369. The fourth-order valence-corrected chi connectivity index (χ4v) is 2.07. The van der Waals surface area contributed by atoms with Crippen molar-refractivity contribution in [2.24, 2.45) is 5.73 Å². The van der Waals surface area contributed by atoms with Crippen molar-refractivity contribution >= 4 is 11.7 Å². The quantitative estimate of drug-likeness (QED) is 0.805. The lowest BCUT2D eigenvalue weighted by Gasteiger charge is -2.23. The highest BCUT2D eigenvalue weighted by Crippen LogP contribution is 2.21. The average Bonchev–Trinajstić information content (AvgIpc) is 2.31. The van der Waals surface area contributed by atoms with Gasteiger partial charge in [0, 0.05) is 12.2 Å². The zero-order valence-electron chi connectivity index (χ0n) is 9.15. The van der Waals surface area contributed by atoms with E-state index in [4.69, 9.17) is 5.73 Å². The fraction of sp³-hybridized carbons (Fsp3) is 0.545. The van der Waals surface area contributed by atoms with Gasteiger partial charge in [0.15, 0.2) is 0 Å². The van der Waals surface area contributed by atoms with Crippen molar-refractivity contribution in [2.45, 2.75) is 38.1 Å². The van der Waals surface area contributed by atoms with Crippen LogP contribution in [0.15, 0.2) is 12.5 Å².